The Balaban J connectivity index is 1.70. The third-order valence-electron chi connectivity index (χ3n) is 3.38. The number of hydrogen-bond donors (Lipinski definition) is 2. The van der Waals surface area contributed by atoms with Gasteiger partial charge in [0.05, 0.1) is 11.6 Å². The minimum Gasteiger partial charge on any atom is -0.378 e. The van der Waals surface area contributed by atoms with Gasteiger partial charge in [0, 0.05) is 30.1 Å². The van der Waals surface area contributed by atoms with Crippen molar-refractivity contribution in [3.63, 3.8) is 0 Å². The molecular weight excluding hydrogens is 234 g/mol. The van der Waals surface area contributed by atoms with E-state index in [1.807, 2.05) is 11.7 Å². The number of nitrogens with zero attached hydrogens (tertiary/aromatic N) is 1. The molecule has 0 radical (unpaired) electrons. The number of aromatic nitrogens is 1. The molecule has 0 spiro atoms. The lowest BCUT2D eigenvalue weighted by Crippen LogP contribution is -2.42. The second kappa shape index (κ2) is 6.44. The number of rotatable bonds is 7. The maximum Gasteiger partial charge on any atom is 0.0794 e. The molecule has 5 heteroatoms. The highest BCUT2D eigenvalue weighted by atomic mass is 32.1. The normalized spacial score (nSPS) is 25.5. The Kier molecular flexibility index (Phi) is 4.91. The molecule has 3 N–H and O–H groups in total. The van der Waals surface area contributed by atoms with Crippen molar-refractivity contribution in [2.75, 3.05) is 6.61 Å². The van der Waals surface area contributed by atoms with Crippen LogP contribution in [-0.4, -0.2) is 23.7 Å². The standard InChI is InChI=1S/C12H21N3OS/c1-2-16-11-4-9(5-11)3-10(15-13)6-12-7-14-8-17-12/h7-11,15H,2-6,13H2,1H3. The van der Waals surface area contributed by atoms with Gasteiger partial charge in [0.1, 0.15) is 0 Å². The molecule has 1 heterocycles. The predicted molar refractivity (Wildman–Crippen MR) is 69.7 cm³/mol. The van der Waals surface area contributed by atoms with Crippen molar-refractivity contribution >= 4 is 11.3 Å². The van der Waals surface area contributed by atoms with Gasteiger partial charge in [-0.25, -0.2) is 0 Å². The van der Waals surface area contributed by atoms with Crippen LogP contribution in [0.25, 0.3) is 0 Å². The van der Waals surface area contributed by atoms with Gasteiger partial charge in [-0.3, -0.25) is 16.3 Å². The Morgan fingerprint density at radius 3 is 3.06 bits per heavy atom. The molecule has 0 aromatic carbocycles. The van der Waals surface area contributed by atoms with Crippen LogP contribution in [-0.2, 0) is 11.2 Å². The number of nitrogens with two attached hydrogens (primary N) is 1. The second-order valence-electron chi connectivity index (χ2n) is 4.69. The quantitative estimate of drug-likeness (QED) is 0.575. The van der Waals surface area contributed by atoms with E-state index in [4.69, 9.17) is 10.6 Å². The van der Waals surface area contributed by atoms with Crippen LogP contribution in [0.15, 0.2) is 11.7 Å². The first-order valence-electron chi connectivity index (χ1n) is 6.27. The fraction of sp³-hybridized carbons (Fsp3) is 0.750. The highest BCUT2D eigenvalue weighted by molar-refractivity contribution is 7.09. The highest BCUT2D eigenvalue weighted by Crippen LogP contribution is 2.34. The van der Waals surface area contributed by atoms with Crippen LogP contribution in [0.4, 0.5) is 0 Å². The van der Waals surface area contributed by atoms with Gasteiger partial charge >= 0.3 is 0 Å². The summed E-state index contributed by atoms with van der Waals surface area (Å²) in [6.07, 6.45) is 6.92. The monoisotopic (exact) mass is 255 g/mol. The molecule has 1 aliphatic rings. The Morgan fingerprint density at radius 2 is 2.47 bits per heavy atom. The molecule has 0 aliphatic heterocycles. The SMILES string of the molecule is CCOC1CC(CC(Cc2cncs2)NN)C1. The Bertz CT molecular complexity index is 312. The molecule has 0 bridgehead atoms. The Labute approximate surface area is 107 Å². The predicted octanol–water partition coefficient (Wildman–Crippen LogP) is 1.72. The molecule has 1 atom stereocenters. The van der Waals surface area contributed by atoms with Crippen LogP contribution >= 0.6 is 11.3 Å². The van der Waals surface area contributed by atoms with Gasteiger partial charge in [-0.15, -0.1) is 11.3 Å². The van der Waals surface area contributed by atoms with Gasteiger partial charge < -0.3 is 4.74 Å². The molecule has 96 valence electrons. The van der Waals surface area contributed by atoms with Crippen LogP contribution in [0.3, 0.4) is 0 Å². The number of hydrogen-bond acceptors (Lipinski definition) is 5. The second-order valence-corrected chi connectivity index (χ2v) is 5.66. The van der Waals surface area contributed by atoms with Crippen LogP contribution in [0.2, 0.25) is 0 Å². The number of hydrazine groups is 1. The smallest absolute Gasteiger partial charge is 0.0794 e. The first kappa shape index (κ1) is 13.0. The average Bonchev–Trinajstić information content (AvgIpc) is 2.77. The van der Waals surface area contributed by atoms with Gasteiger partial charge in [0.25, 0.3) is 0 Å². The Hall–Kier alpha value is -0.490. The molecule has 1 unspecified atom stereocenters. The van der Waals surface area contributed by atoms with Crippen molar-refractivity contribution in [3.8, 4) is 0 Å². The zero-order chi connectivity index (χ0) is 12.1. The van der Waals surface area contributed by atoms with E-state index in [1.54, 1.807) is 11.3 Å². The summed E-state index contributed by atoms with van der Waals surface area (Å²) in [5, 5.41) is 0. The Morgan fingerprint density at radius 1 is 1.65 bits per heavy atom. The van der Waals surface area contributed by atoms with E-state index >= 15 is 0 Å². The van der Waals surface area contributed by atoms with E-state index in [-0.39, 0.29) is 0 Å². The summed E-state index contributed by atoms with van der Waals surface area (Å²) in [6.45, 7) is 2.89. The zero-order valence-electron chi connectivity index (χ0n) is 10.3. The first-order valence-corrected chi connectivity index (χ1v) is 7.14. The lowest BCUT2D eigenvalue weighted by molar-refractivity contribution is -0.0290. The molecule has 0 saturated heterocycles. The van der Waals surface area contributed by atoms with Crippen molar-refractivity contribution in [1.82, 2.24) is 10.4 Å². The summed E-state index contributed by atoms with van der Waals surface area (Å²) in [5.41, 5.74) is 4.80. The average molecular weight is 255 g/mol. The van der Waals surface area contributed by atoms with Crippen molar-refractivity contribution in [1.29, 1.82) is 0 Å². The van der Waals surface area contributed by atoms with Crippen LogP contribution in [0.5, 0.6) is 0 Å². The topological polar surface area (TPSA) is 60.2 Å². The van der Waals surface area contributed by atoms with E-state index < -0.39 is 0 Å². The lowest BCUT2D eigenvalue weighted by atomic mass is 9.78. The molecule has 1 aromatic rings. The zero-order valence-corrected chi connectivity index (χ0v) is 11.1. The van der Waals surface area contributed by atoms with Crippen LogP contribution in [0.1, 0.15) is 31.1 Å². The van der Waals surface area contributed by atoms with E-state index in [1.165, 1.54) is 17.7 Å². The summed E-state index contributed by atoms with van der Waals surface area (Å²) in [5.74, 6) is 6.38. The largest absolute Gasteiger partial charge is 0.378 e. The lowest BCUT2D eigenvalue weighted by Gasteiger charge is -2.36. The summed E-state index contributed by atoms with van der Waals surface area (Å²) >= 11 is 1.70. The fourth-order valence-corrected chi connectivity index (χ4v) is 3.11. The third kappa shape index (κ3) is 3.74. The van der Waals surface area contributed by atoms with Gasteiger partial charge in [-0.2, -0.15) is 0 Å². The molecule has 1 fully saturated rings. The van der Waals surface area contributed by atoms with Crippen molar-refractivity contribution in [2.24, 2.45) is 11.8 Å². The number of nitrogens with one attached hydrogen (secondary N) is 1. The van der Waals surface area contributed by atoms with Gasteiger partial charge in [-0.05, 0) is 32.1 Å². The van der Waals surface area contributed by atoms with Crippen LogP contribution in [0, 0.1) is 5.92 Å². The van der Waals surface area contributed by atoms with E-state index in [0.717, 1.165) is 25.4 Å². The first-order chi connectivity index (χ1) is 8.31. The maximum atomic E-state index is 5.61. The molecule has 4 nitrogen and oxygen atoms in total. The molecular formula is C12H21N3OS. The number of ether oxygens (including phenoxy) is 1. The molecule has 1 aliphatic carbocycles. The van der Waals surface area contributed by atoms with E-state index in [9.17, 15) is 0 Å². The van der Waals surface area contributed by atoms with Gasteiger partial charge in [0.15, 0.2) is 0 Å². The highest BCUT2D eigenvalue weighted by Gasteiger charge is 2.31. The van der Waals surface area contributed by atoms with E-state index in [2.05, 4.69) is 17.3 Å². The van der Waals surface area contributed by atoms with Crippen LogP contribution < -0.4 is 11.3 Å². The summed E-state index contributed by atoms with van der Waals surface area (Å²) in [4.78, 5) is 5.39. The fourth-order valence-electron chi connectivity index (χ4n) is 2.44. The maximum absolute atomic E-state index is 5.61. The van der Waals surface area contributed by atoms with Gasteiger partial charge in [-0.1, -0.05) is 0 Å². The molecule has 1 aromatic heterocycles. The van der Waals surface area contributed by atoms with Crippen molar-refractivity contribution < 1.29 is 4.74 Å². The molecule has 17 heavy (non-hydrogen) atoms. The van der Waals surface area contributed by atoms with Crippen molar-refractivity contribution in [3.05, 3.63) is 16.6 Å². The van der Waals surface area contributed by atoms with E-state index in [0.29, 0.717) is 12.1 Å². The number of thiazole rings is 1. The molecule has 2 rings (SSSR count). The molecule has 0 amide bonds. The summed E-state index contributed by atoms with van der Waals surface area (Å²) in [7, 11) is 0. The van der Waals surface area contributed by atoms with Gasteiger partial charge in [0.2, 0.25) is 0 Å². The third-order valence-corrected chi connectivity index (χ3v) is 4.18. The van der Waals surface area contributed by atoms with Crippen molar-refractivity contribution in [2.45, 2.75) is 44.8 Å². The minimum atomic E-state index is 0.364. The summed E-state index contributed by atoms with van der Waals surface area (Å²) in [6, 6.07) is 0.364. The summed E-state index contributed by atoms with van der Waals surface area (Å²) < 4.78 is 5.57. The minimum absolute atomic E-state index is 0.364. The molecule has 1 saturated carbocycles.